The van der Waals surface area contributed by atoms with Crippen molar-refractivity contribution in [2.75, 3.05) is 0 Å². The summed E-state index contributed by atoms with van der Waals surface area (Å²) in [5.74, 6) is -0.918. The molecule has 0 heterocycles. The van der Waals surface area contributed by atoms with Crippen molar-refractivity contribution < 1.29 is 20.1 Å². The van der Waals surface area contributed by atoms with E-state index < -0.39 is 5.97 Å². The van der Waals surface area contributed by atoms with Crippen molar-refractivity contribution in [1.29, 1.82) is 0 Å². The Morgan fingerprint density at radius 2 is 1.31 bits per heavy atom. The van der Waals surface area contributed by atoms with Gasteiger partial charge in [-0.15, -0.1) is 0 Å². The van der Waals surface area contributed by atoms with Crippen molar-refractivity contribution in [2.45, 2.75) is 109 Å². The maximum atomic E-state index is 10.3. The van der Waals surface area contributed by atoms with Gasteiger partial charge in [-0.1, -0.05) is 76.5 Å². The molecule has 0 fully saturated rings. The van der Waals surface area contributed by atoms with E-state index in [9.17, 15) is 15.0 Å². The lowest BCUT2D eigenvalue weighted by atomic mass is 10.0. The molecule has 0 aliphatic heterocycles. The molecule has 0 aliphatic rings. The van der Waals surface area contributed by atoms with E-state index >= 15 is 0 Å². The third-order valence-electron chi connectivity index (χ3n) is 4.62. The van der Waals surface area contributed by atoms with Crippen LogP contribution in [0, 0.1) is 0 Å². The molecule has 0 bridgehead atoms. The monoisotopic (exact) mass is 368 g/mol. The zero-order chi connectivity index (χ0) is 19.5. The molecule has 0 aromatic carbocycles. The number of aliphatic hydroxyl groups is 2. The minimum Gasteiger partial charge on any atom is -0.478 e. The van der Waals surface area contributed by atoms with Crippen molar-refractivity contribution >= 4 is 5.97 Å². The van der Waals surface area contributed by atoms with Crippen molar-refractivity contribution in [1.82, 2.24) is 0 Å². The molecule has 0 saturated carbocycles. The molecule has 2 atom stereocenters. The van der Waals surface area contributed by atoms with Crippen LogP contribution < -0.4 is 0 Å². The fourth-order valence-electron chi connectivity index (χ4n) is 2.97. The molecule has 0 spiro atoms. The molecule has 0 radical (unpaired) electrons. The summed E-state index contributed by atoms with van der Waals surface area (Å²) in [5, 5.41) is 28.4. The zero-order valence-electron chi connectivity index (χ0n) is 16.6. The van der Waals surface area contributed by atoms with Gasteiger partial charge in [0.2, 0.25) is 0 Å². The highest BCUT2D eigenvalue weighted by atomic mass is 16.4. The van der Waals surface area contributed by atoms with Crippen LogP contribution in [-0.2, 0) is 4.79 Å². The van der Waals surface area contributed by atoms with E-state index in [0.29, 0.717) is 6.42 Å². The van der Waals surface area contributed by atoms with Crippen molar-refractivity contribution in [3.8, 4) is 0 Å². The van der Waals surface area contributed by atoms with Gasteiger partial charge in [0.15, 0.2) is 0 Å². The number of aliphatic hydroxyl groups excluding tert-OH is 2. The van der Waals surface area contributed by atoms with E-state index in [1.54, 1.807) is 12.2 Å². The summed E-state index contributed by atoms with van der Waals surface area (Å²) in [6.45, 7) is 2.19. The Hall–Kier alpha value is -1.13. The highest BCUT2D eigenvalue weighted by Gasteiger charge is 2.09. The number of hydrogen-bond acceptors (Lipinski definition) is 3. The van der Waals surface area contributed by atoms with Gasteiger partial charge < -0.3 is 15.3 Å². The Morgan fingerprint density at radius 1 is 0.769 bits per heavy atom. The average molecular weight is 369 g/mol. The number of rotatable bonds is 18. The summed E-state index contributed by atoms with van der Waals surface area (Å²) < 4.78 is 0. The van der Waals surface area contributed by atoms with Crippen LogP contribution in [0.2, 0.25) is 0 Å². The zero-order valence-corrected chi connectivity index (χ0v) is 16.6. The summed E-state index contributed by atoms with van der Waals surface area (Å²) in [6.07, 6.45) is 20.4. The fraction of sp³-hybridized carbons (Fsp3) is 0.773. The lowest BCUT2D eigenvalue weighted by molar-refractivity contribution is -0.131. The SMILES string of the molecule is CCCCCCC(O)CCC(O)CCCCCCCC=CC=CC(=O)O. The number of carboxylic acid groups (broad SMARTS) is 1. The number of unbranched alkanes of at least 4 members (excludes halogenated alkanes) is 8. The molecule has 0 aromatic rings. The van der Waals surface area contributed by atoms with E-state index in [1.165, 1.54) is 32.1 Å². The van der Waals surface area contributed by atoms with Gasteiger partial charge in [0.05, 0.1) is 12.2 Å². The molecule has 4 heteroatoms. The third-order valence-corrected chi connectivity index (χ3v) is 4.62. The Morgan fingerprint density at radius 3 is 1.88 bits per heavy atom. The van der Waals surface area contributed by atoms with Crippen LogP contribution >= 0.6 is 0 Å². The molecule has 0 aromatic heterocycles. The van der Waals surface area contributed by atoms with Gasteiger partial charge in [-0.3, -0.25) is 0 Å². The van der Waals surface area contributed by atoms with Crippen molar-refractivity contribution in [2.24, 2.45) is 0 Å². The van der Waals surface area contributed by atoms with Gasteiger partial charge in [0.25, 0.3) is 0 Å². The Balaban J connectivity index is 3.40. The molecule has 2 unspecified atom stereocenters. The largest absolute Gasteiger partial charge is 0.478 e. The summed E-state index contributed by atoms with van der Waals surface area (Å²) in [4.78, 5) is 10.3. The number of hydrogen-bond donors (Lipinski definition) is 3. The van der Waals surface area contributed by atoms with Gasteiger partial charge in [0.1, 0.15) is 0 Å². The number of carbonyl (C=O) groups is 1. The van der Waals surface area contributed by atoms with E-state index in [-0.39, 0.29) is 12.2 Å². The molecule has 152 valence electrons. The van der Waals surface area contributed by atoms with Gasteiger partial charge in [-0.2, -0.15) is 0 Å². The van der Waals surface area contributed by atoms with Gasteiger partial charge in [-0.05, 0) is 38.5 Å². The number of carboxylic acids is 1. The topological polar surface area (TPSA) is 77.8 Å². The van der Waals surface area contributed by atoms with Crippen molar-refractivity contribution in [3.05, 3.63) is 24.3 Å². The molecule has 3 N–H and O–H groups in total. The molecule has 0 saturated heterocycles. The van der Waals surface area contributed by atoms with Gasteiger partial charge in [0, 0.05) is 6.08 Å². The highest BCUT2D eigenvalue weighted by Crippen LogP contribution is 2.15. The normalized spacial score (nSPS) is 14.3. The average Bonchev–Trinajstić information content (AvgIpc) is 2.61. The lowest BCUT2D eigenvalue weighted by Gasteiger charge is -2.14. The fourth-order valence-corrected chi connectivity index (χ4v) is 2.97. The highest BCUT2D eigenvalue weighted by molar-refractivity contribution is 5.80. The minimum absolute atomic E-state index is 0.250. The first-order valence-corrected chi connectivity index (χ1v) is 10.5. The minimum atomic E-state index is -0.918. The second kappa shape index (κ2) is 18.7. The van der Waals surface area contributed by atoms with E-state index in [1.807, 2.05) is 6.08 Å². The van der Waals surface area contributed by atoms with Crippen LogP contribution in [0.3, 0.4) is 0 Å². The van der Waals surface area contributed by atoms with E-state index in [0.717, 1.165) is 57.4 Å². The first-order valence-electron chi connectivity index (χ1n) is 10.5. The van der Waals surface area contributed by atoms with E-state index in [4.69, 9.17) is 5.11 Å². The van der Waals surface area contributed by atoms with Crippen LogP contribution in [0.1, 0.15) is 96.8 Å². The number of aliphatic carboxylic acids is 1. The summed E-state index contributed by atoms with van der Waals surface area (Å²) in [5.41, 5.74) is 0. The standard InChI is InChI=1S/C22H40O4/c1-2-3-4-12-15-20(23)18-19-21(24)16-13-10-8-6-5-7-9-11-14-17-22(25)26/h9,11,14,17,20-21,23-24H,2-8,10,12-13,15-16,18-19H2,1H3,(H,25,26). The van der Waals surface area contributed by atoms with Crippen molar-refractivity contribution in [3.63, 3.8) is 0 Å². The second-order valence-electron chi connectivity index (χ2n) is 7.20. The van der Waals surface area contributed by atoms with Crippen LogP contribution in [0.15, 0.2) is 24.3 Å². The van der Waals surface area contributed by atoms with Crippen LogP contribution in [0.5, 0.6) is 0 Å². The maximum absolute atomic E-state index is 10.3. The predicted octanol–water partition coefficient (Wildman–Crippen LogP) is 5.39. The van der Waals surface area contributed by atoms with E-state index in [2.05, 4.69) is 6.92 Å². The van der Waals surface area contributed by atoms with Crippen LogP contribution in [0.25, 0.3) is 0 Å². The lowest BCUT2D eigenvalue weighted by Crippen LogP contribution is -2.13. The van der Waals surface area contributed by atoms with Crippen LogP contribution in [-0.4, -0.2) is 33.5 Å². The first kappa shape index (κ1) is 24.9. The molecule has 4 nitrogen and oxygen atoms in total. The summed E-state index contributed by atoms with van der Waals surface area (Å²) in [6, 6.07) is 0. The number of allylic oxidation sites excluding steroid dienone is 3. The molecule has 26 heavy (non-hydrogen) atoms. The smallest absolute Gasteiger partial charge is 0.328 e. The molecule has 0 amide bonds. The first-order chi connectivity index (χ1) is 12.6. The van der Waals surface area contributed by atoms with Crippen LogP contribution in [0.4, 0.5) is 0 Å². The Bertz CT molecular complexity index is 376. The molecular formula is C22H40O4. The quantitative estimate of drug-likeness (QED) is 0.172. The molecule has 0 rings (SSSR count). The maximum Gasteiger partial charge on any atom is 0.328 e. The van der Waals surface area contributed by atoms with Gasteiger partial charge >= 0.3 is 5.97 Å². The Kier molecular flexibility index (Phi) is 17.8. The predicted molar refractivity (Wildman–Crippen MR) is 108 cm³/mol. The third kappa shape index (κ3) is 19.2. The summed E-state index contributed by atoms with van der Waals surface area (Å²) >= 11 is 0. The molecule has 0 aliphatic carbocycles. The second-order valence-corrected chi connectivity index (χ2v) is 7.20. The summed E-state index contributed by atoms with van der Waals surface area (Å²) in [7, 11) is 0. The molecular weight excluding hydrogens is 328 g/mol. The van der Waals surface area contributed by atoms with Gasteiger partial charge in [-0.25, -0.2) is 4.79 Å². The Labute approximate surface area is 160 Å².